The molecule has 3 aromatic rings. The molecule has 29 heavy (non-hydrogen) atoms. The number of hydrogen-bond donors (Lipinski definition) is 0. The maximum absolute atomic E-state index is 12.8. The molecule has 0 N–H and O–H groups in total. The van der Waals surface area contributed by atoms with Crippen LogP contribution in [-0.4, -0.2) is 30.3 Å². The van der Waals surface area contributed by atoms with Crippen molar-refractivity contribution in [2.75, 3.05) is 14.2 Å². The van der Waals surface area contributed by atoms with Crippen LogP contribution in [-0.2, 0) is 17.5 Å². The first-order chi connectivity index (χ1) is 13.8. The lowest BCUT2D eigenvalue weighted by atomic mass is 10.1. The summed E-state index contributed by atoms with van der Waals surface area (Å²) in [6.07, 6.45) is -4.47. The van der Waals surface area contributed by atoms with Gasteiger partial charge < -0.3 is 18.7 Å². The highest BCUT2D eigenvalue weighted by Crippen LogP contribution is 2.32. The molecule has 7 nitrogen and oxygen atoms in total. The fourth-order valence-corrected chi connectivity index (χ4v) is 2.44. The molecule has 0 radical (unpaired) electrons. The molecular weight excluding hydrogens is 393 g/mol. The van der Waals surface area contributed by atoms with Gasteiger partial charge in [0.2, 0.25) is 5.82 Å². The van der Waals surface area contributed by atoms with Crippen molar-refractivity contribution in [1.29, 1.82) is 0 Å². The summed E-state index contributed by atoms with van der Waals surface area (Å²) in [5, 5.41) is 3.69. The van der Waals surface area contributed by atoms with Gasteiger partial charge in [-0.25, -0.2) is 4.79 Å². The number of hydrogen-bond acceptors (Lipinski definition) is 7. The molecule has 2 aromatic carbocycles. The number of halogens is 3. The van der Waals surface area contributed by atoms with E-state index in [2.05, 4.69) is 14.9 Å². The fourth-order valence-electron chi connectivity index (χ4n) is 2.44. The van der Waals surface area contributed by atoms with Gasteiger partial charge in [-0.15, -0.1) is 0 Å². The second kappa shape index (κ2) is 8.21. The number of rotatable bonds is 6. The van der Waals surface area contributed by atoms with Crippen LogP contribution in [0.2, 0.25) is 0 Å². The normalized spacial score (nSPS) is 11.2. The first-order valence-electron chi connectivity index (χ1n) is 8.21. The molecule has 0 aliphatic rings. The highest BCUT2D eigenvalue weighted by molar-refractivity contribution is 5.90. The van der Waals surface area contributed by atoms with Crippen molar-refractivity contribution in [1.82, 2.24) is 10.1 Å². The maximum Gasteiger partial charge on any atom is 0.416 e. The first kappa shape index (κ1) is 20.2. The van der Waals surface area contributed by atoms with Crippen LogP contribution in [0.3, 0.4) is 0 Å². The van der Waals surface area contributed by atoms with E-state index in [1.807, 2.05) is 0 Å². The number of esters is 1. The van der Waals surface area contributed by atoms with Gasteiger partial charge in [0.05, 0.1) is 25.3 Å². The van der Waals surface area contributed by atoms with Gasteiger partial charge in [0, 0.05) is 5.56 Å². The quantitative estimate of drug-likeness (QED) is 0.567. The first-order valence-corrected chi connectivity index (χ1v) is 8.21. The Balaban J connectivity index is 1.74. The Morgan fingerprint density at radius 2 is 1.90 bits per heavy atom. The molecule has 0 saturated carbocycles. The van der Waals surface area contributed by atoms with E-state index < -0.39 is 17.7 Å². The third-order valence-corrected chi connectivity index (χ3v) is 3.85. The maximum atomic E-state index is 12.8. The molecule has 0 atom stereocenters. The average molecular weight is 408 g/mol. The zero-order chi connectivity index (χ0) is 21.0. The number of alkyl halides is 3. The van der Waals surface area contributed by atoms with Crippen molar-refractivity contribution < 1.29 is 36.7 Å². The minimum atomic E-state index is -4.47. The predicted octanol–water partition coefficient (Wildman–Crippen LogP) is 4.13. The molecule has 0 bridgehead atoms. The van der Waals surface area contributed by atoms with E-state index in [4.69, 9.17) is 14.0 Å². The Morgan fingerprint density at radius 1 is 1.10 bits per heavy atom. The predicted molar refractivity (Wildman–Crippen MR) is 93.4 cm³/mol. The van der Waals surface area contributed by atoms with Crippen LogP contribution in [0.15, 0.2) is 47.0 Å². The molecule has 0 saturated heterocycles. The molecule has 0 amide bonds. The minimum Gasteiger partial charge on any atom is -0.493 e. The number of carbonyl (C=O) groups excluding carboxylic acids is 1. The number of ether oxygens (including phenoxy) is 3. The van der Waals surface area contributed by atoms with Crippen LogP contribution in [0.4, 0.5) is 13.2 Å². The summed E-state index contributed by atoms with van der Waals surface area (Å²) in [5.41, 5.74) is -0.371. The van der Waals surface area contributed by atoms with E-state index in [9.17, 15) is 18.0 Å². The van der Waals surface area contributed by atoms with Gasteiger partial charge in [0.1, 0.15) is 0 Å². The molecule has 10 heteroatoms. The van der Waals surface area contributed by atoms with Gasteiger partial charge in [-0.2, -0.15) is 18.2 Å². The molecule has 0 spiro atoms. The van der Waals surface area contributed by atoms with Gasteiger partial charge in [-0.1, -0.05) is 17.3 Å². The summed E-state index contributed by atoms with van der Waals surface area (Å²) in [7, 11) is 2.67. The Labute approximate surface area is 163 Å². The Kier molecular flexibility index (Phi) is 5.71. The van der Waals surface area contributed by atoms with E-state index in [0.29, 0.717) is 5.75 Å². The van der Waals surface area contributed by atoms with Gasteiger partial charge in [-0.05, 0) is 30.3 Å². The van der Waals surface area contributed by atoms with E-state index in [1.54, 1.807) is 0 Å². The van der Waals surface area contributed by atoms with Crippen LogP contribution < -0.4 is 9.47 Å². The molecule has 0 aliphatic heterocycles. The third-order valence-electron chi connectivity index (χ3n) is 3.85. The summed E-state index contributed by atoms with van der Waals surface area (Å²) in [4.78, 5) is 15.6. The van der Waals surface area contributed by atoms with Crippen molar-refractivity contribution in [2.24, 2.45) is 0 Å². The Bertz CT molecular complexity index is 1020. The summed E-state index contributed by atoms with van der Waals surface area (Å²) in [5.74, 6) is 0.112. The van der Waals surface area contributed by atoms with Crippen molar-refractivity contribution in [3.05, 3.63) is 59.5 Å². The molecule has 1 heterocycles. The minimum absolute atomic E-state index is 0.00250. The molecule has 0 unspecified atom stereocenters. The fraction of sp³-hybridized carbons (Fsp3) is 0.211. The summed E-state index contributed by atoms with van der Waals surface area (Å²) < 4.78 is 58.9. The van der Waals surface area contributed by atoms with Crippen molar-refractivity contribution >= 4 is 5.97 Å². The number of methoxy groups -OCH3 is 2. The average Bonchev–Trinajstić information content (AvgIpc) is 3.20. The van der Waals surface area contributed by atoms with E-state index in [0.717, 1.165) is 12.1 Å². The van der Waals surface area contributed by atoms with Crippen molar-refractivity contribution in [2.45, 2.75) is 12.8 Å². The van der Waals surface area contributed by atoms with Crippen molar-refractivity contribution in [3.8, 4) is 22.9 Å². The van der Waals surface area contributed by atoms with E-state index in [1.165, 1.54) is 44.6 Å². The summed E-state index contributed by atoms with van der Waals surface area (Å²) in [6.45, 7) is -0.153. The van der Waals surface area contributed by atoms with Crippen LogP contribution in [0.25, 0.3) is 11.4 Å². The molecule has 3 rings (SSSR count). The second-order valence-electron chi connectivity index (χ2n) is 5.74. The zero-order valence-electron chi connectivity index (χ0n) is 15.3. The van der Waals surface area contributed by atoms with Gasteiger partial charge in [0.15, 0.2) is 18.1 Å². The smallest absolute Gasteiger partial charge is 0.416 e. The molecule has 0 fully saturated rings. The largest absolute Gasteiger partial charge is 0.493 e. The molecular formula is C19H15F3N2O5. The highest BCUT2D eigenvalue weighted by Gasteiger charge is 2.30. The summed E-state index contributed by atoms with van der Waals surface area (Å²) >= 11 is 0. The molecule has 152 valence electrons. The Morgan fingerprint density at radius 3 is 2.59 bits per heavy atom. The number of benzene rings is 2. The monoisotopic (exact) mass is 408 g/mol. The number of nitrogens with zero attached hydrogens (tertiary/aromatic N) is 2. The van der Waals surface area contributed by atoms with Gasteiger partial charge in [-0.3, -0.25) is 0 Å². The number of aromatic nitrogens is 2. The van der Waals surface area contributed by atoms with E-state index >= 15 is 0 Å². The Hall–Kier alpha value is -3.56. The summed E-state index contributed by atoms with van der Waals surface area (Å²) in [6, 6.07) is 9.05. The van der Waals surface area contributed by atoms with Crippen LogP contribution >= 0.6 is 0 Å². The van der Waals surface area contributed by atoms with E-state index in [-0.39, 0.29) is 35.2 Å². The highest BCUT2D eigenvalue weighted by atomic mass is 19.4. The third kappa shape index (κ3) is 4.65. The number of carbonyl (C=O) groups is 1. The lowest BCUT2D eigenvalue weighted by Crippen LogP contribution is -2.04. The SMILES string of the molecule is COC(=O)c1ccc(OCc2nc(-c3cccc(C(F)(F)F)c3)no2)c(OC)c1. The zero-order valence-corrected chi connectivity index (χ0v) is 15.3. The lowest BCUT2D eigenvalue weighted by Gasteiger charge is -2.10. The van der Waals surface area contributed by atoms with Gasteiger partial charge in [0.25, 0.3) is 5.89 Å². The molecule has 0 aliphatic carbocycles. The topological polar surface area (TPSA) is 83.7 Å². The van der Waals surface area contributed by atoms with Crippen LogP contribution in [0.1, 0.15) is 21.8 Å². The standard InChI is InChI=1S/C19H15F3N2O5/c1-26-15-9-12(18(25)27-2)6-7-14(15)28-10-16-23-17(24-29-16)11-4-3-5-13(8-11)19(20,21)22/h3-9H,10H2,1-2H3. The van der Waals surface area contributed by atoms with Crippen molar-refractivity contribution in [3.63, 3.8) is 0 Å². The van der Waals surface area contributed by atoms with Gasteiger partial charge >= 0.3 is 12.1 Å². The second-order valence-corrected chi connectivity index (χ2v) is 5.74. The van der Waals surface area contributed by atoms with Crippen LogP contribution in [0, 0.1) is 0 Å². The molecule has 1 aromatic heterocycles. The van der Waals surface area contributed by atoms with Crippen LogP contribution in [0.5, 0.6) is 11.5 Å². The lowest BCUT2D eigenvalue weighted by molar-refractivity contribution is -0.137.